The molecule has 180 valence electrons. The topological polar surface area (TPSA) is 73.7 Å². The molecule has 1 aliphatic rings. The van der Waals surface area contributed by atoms with Crippen molar-refractivity contribution in [2.75, 3.05) is 19.8 Å². The molecule has 33 heavy (non-hydrogen) atoms. The summed E-state index contributed by atoms with van der Waals surface area (Å²) in [6, 6.07) is 2.26. The zero-order chi connectivity index (χ0) is 24.4. The molecule has 0 aliphatic carbocycles. The fourth-order valence-electron chi connectivity index (χ4n) is 3.23. The molecule has 2 heterocycles. The molecule has 0 N–H and O–H groups in total. The molecule has 0 saturated heterocycles. The molecule has 1 aliphatic heterocycles. The maximum Gasteiger partial charge on any atom is 0.416 e. The summed E-state index contributed by atoms with van der Waals surface area (Å²) in [6.07, 6.45) is -9.59. The Morgan fingerprint density at radius 1 is 1.00 bits per heavy atom. The summed E-state index contributed by atoms with van der Waals surface area (Å²) in [6.45, 7) is 1.73. The number of ether oxygens (including phenoxy) is 2. The largest absolute Gasteiger partial charge is 0.484 e. The van der Waals surface area contributed by atoms with Crippen molar-refractivity contribution in [2.24, 2.45) is 0 Å². The first kappa shape index (κ1) is 24.4. The fourth-order valence-corrected chi connectivity index (χ4v) is 3.23. The summed E-state index contributed by atoms with van der Waals surface area (Å²) >= 11 is 0. The van der Waals surface area contributed by atoms with Gasteiger partial charge < -0.3 is 14.4 Å². The first-order valence-corrected chi connectivity index (χ1v) is 9.82. The molecule has 1 amide bonds. The summed E-state index contributed by atoms with van der Waals surface area (Å²) in [5.41, 5.74) is -2.47. The molecule has 13 heteroatoms. The van der Waals surface area contributed by atoms with E-state index in [0.717, 1.165) is 0 Å². The average molecular weight is 479 g/mol. The maximum atomic E-state index is 13.0. The molecule has 3 rings (SSSR count). The molecule has 1 aromatic carbocycles. The van der Waals surface area contributed by atoms with Crippen LogP contribution >= 0.6 is 0 Å². The lowest BCUT2D eigenvalue weighted by atomic mass is 10.1. The van der Waals surface area contributed by atoms with E-state index in [9.17, 15) is 35.9 Å². The molecule has 0 saturated carbocycles. The summed E-state index contributed by atoms with van der Waals surface area (Å²) in [5, 5.41) is 4.14. The number of esters is 1. The number of nitrogens with zero attached hydrogens (tertiary/aromatic N) is 3. The number of hydrogen-bond donors (Lipinski definition) is 0. The van der Waals surface area contributed by atoms with Crippen LogP contribution in [0.4, 0.5) is 26.3 Å². The van der Waals surface area contributed by atoms with Crippen LogP contribution in [0.5, 0.6) is 5.75 Å². The summed E-state index contributed by atoms with van der Waals surface area (Å²) in [5.74, 6) is -1.99. The van der Waals surface area contributed by atoms with Gasteiger partial charge in [-0.1, -0.05) is 0 Å². The Bertz CT molecular complexity index is 1000. The minimum absolute atomic E-state index is 0.0221. The van der Waals surface area contributed by atoms with Crippen LogP contribution in [0.25, 0.3) is 0 Å². The molecular formula is C20H19F6N3O4. The number of carbonyl (C=O) groups excluding carboxylic acids is 2. The molecule has 0 bridgehead atoms. The number of aryl methyl sites for hydroxylation is 1. The van der Waals surface area contributed by atoms with Gasteiger partial charge in [-0.25, -0.2) is 4.79 Å². The van der Waals surface area contributed by atoms with E-state index < -0.39 is 47.7 Å². The van der Waals surface area contributed by atoms with Gasteiger partial charge in [0.15, 0.2) is 12.3 Å². The first-order valence-electron chi connectivity index (χ1n) is 9.82. The number of fused-ring (bicyclic) bond motifs is 1. The normalized spacial score (nSPS) is 14.5. The van der Waals surface area contributed by atoms with Gasteiger partial charge in [-0.3, -0.25) is 9.48 Å². The highest BCUT2D eigenvalue weighted by atomic mass is 19.4. The van der Waals surface area contributed by atoms with Crippen LogP contribution in [0.2, 0.25) is 0 Å². The lowest BCUT2D eigenvalue weighted by Crippen LogP contribution is -2.34. The number of benzene rings is 1. The molecule has 0 fully saturated rings. The Balaban J connectivity index is 1.72. The number of rotatable bonds is 5. The van der Waals surface area contributed by atoms with Crippen molar-refractivity contribution in [3.63, 3.8) is 0 Å². The van der Waals surface area contributed by atoms with Crippen LogP contribution in [-0.2, 0) is 35.0 Å². The quantitative estimate of drug-likeness (QED) is 0.481. The fraction of sp³-hybridized carbons (Fsp3) is 0.450. The predicted molar refractivity (Wildman–Crippen MR) is 100 cm³/mol. The molecular weight excluding hydrogens is 460 g/mol. The third-order valence-electron chi connectivity index (χ3n) is 4.77. The SMILES string of the molecule is CCOC(=O)c1cc2n(n1)CCCN(C(=O)COc1cc(C(F)(F)F)cc(C(F)(F)F)c1)C2. The van der Waals surface area contributed by atoms with Crippen molar-refractivity contribution in [3.05, 3.63) is 46.8 Å². The number of amides is 1. The van der Waals surface area contributed by atoms with Crippen LogP contribution in [0.1, 0.15) is 40.7 Å². The molecule has 7 nitrogen and oxygen atoms in total. The van der Waals surface area contributed by atoms with E-state index in [1.807, 2.05) is 0 Å². The summed E-state index contributed by atoms with van der Waals surface area (Å²) in [7, 11) is 0. The summed E-state index contributed by atoms with van der Waals surface area (Å²) < 4.78 is 89.3. The Morgan fingerprint density at radius 3 is 2.21 bits per heavy atom. The van der Waals surface area contributed by atoms with Crippen molar-refractivity contribution in [1.82, 2.24) is 14.7 Å². The van der Waals surface area contributed by atoms with Crippen molar-refractivity contribution in [2.45, 2.75) is 38.8 Å². The van der Waals surface area contributed by atoms with Crippen molar-refractivity contribution in [3.8, 4) is 5.75 Å². The maximum absolute atomic E-state index is 13.0. The molecule has 0 spiro atoms. The Labute approximate surface area is 183 Å². The Hall–Kier alpha value is -3.25. The third kappa shape index (κ3) is 5.96. The van der Waals surface area contributed by atoms with Gasteiger partial charge in [-0.2, -0.15) is 31.4 Å². The van der Waals surface area contributed by atoms with Crippen LogP contribution < -0.4 is 4.74 Å². The van der Waals surface area contributed by atoms with Crippen molar-refractivity contribution < 1.29 is 45.4 Å². The summed E-state index contributed by atoms with van der Waals surface area (Å²) in [4.78, 5) is 25.8. The van der Waals surface area contributed by atoms with E-state index in [0.29, 0.717) is 30.8 Å². The molecule has 0 radical (unpaired) electrons. The zero-order valence-electron chi connectivity index (χ0n) is 17.3. The van der Waals surface area contributed by atoms with Crippen LogP contribution in [-0.4, -0.2) is 46.3 Å². The van der Waals surface area contributed by atoms with Crippen LogP contribution in [0, 0.1) is 0 Å². The van der Waals surface area contributed by atoms with Crippen molar-refractivity contribution in [1.29, 1.82) is 0 Å². The van der Waals surface area contributed by atoms with Gasteiger partial charge >= 0.3 is 18.3 Å². The first-order chi connectivity index (χ1) is 15.4. The highest BCUT2D eigenvalue weighted by Gasteiger charge is 2.37. The highest BCUT2D eigenvalue weighted by Crippen LogP contribution is 2.38. The second kappa shape index (κ2) is 9.32. The van der Waals surface area contributed by atoms with Crippen molar-refractivity contribution >= 4 is 11.9 Å². The number of halogens is 6. The molecule has 0 atom stereocenters. The highest BCUT2D eigenvalue weighted by molar-refractivity contribution is 5.87. The van der Waals surface area contributed by atoms with E-state index in [1.165, 1.54) is 11.0 Å². The van der Waals surface area contributed by atoms with Gasteiger partial charge in [0.25, 0.3) is 5.91 Å². The molecule has 0 unspecified atom stereocenters. The minimum atomic E-state index is -5.02. The lowest BCUT2D eigenvalue weighted by Gasteiger charge is -2.20. The van der Waals surface area contributed by atoms with E-state index in [1.54, 1.807) is 11.6 Å². The number of carbonyl (C=O) groups is 2. The van der Waals surface area contributed by atoms with Gasteiger partial charge in [0.05, 0.1) is 30.0 Å². The van der Waals surface area contributed by atoms with E-state index in [4.69, 9.17) is 9.47 Å². The van der Waals surface area contributed by atoms with Gasteiger partial charge in [0, 0.05) is 13.1 Å². The molecule has 1 aromatic heterocycles. The number of alkyl halides is 6. The number of hydrogen-bond acceptors (Lipinski definition) is 5. The van der Waals surface area contributed by atoms with E-state index >= 15 is 0 Å². The Kier molecular flexibility index (Phi) is 6.89. The second-order valence-electron chi connectivity index (χ2n) is 7.16. The minimum Gasteiger partial charge on any atom is -0.484 e. The van der Waals surface area contributed by atoms with E-state index in [2.05, 4.69) is 5.10 Å². The van der Waals surface area contributed by atoms with Gasteiger partial charge in [0.2, 0.25) is 0 Å². The predicted octanol–water partition coefficient (Wildman–Crippen LogP) is 3.91. The van der Waals surface area contributed by atoms with Crippen LogP contribution in [0.3, 0.4) is 0 Å². The van der Waals surface area contributed by atoms with E-state index in [-0.39, 0.29) is 31.5 Å². The average Bonchev–Trinajstić information content (AvgIpc) is 3.02. The van der Waals surface area contributed by atoms with Crippen LogP contribution in [0.15, 0.2) is 24.3 Å². The molecule has 2 aromatic rings. The lowest BCUT2D eigenvalue weighted by molar-refractivity contribution is -0.143. The van der Waals surface area contributed by atoms with Gasteiger partial charge in [-0.15, -0.1) is 0 Å². The van der Waals surface area contributed by atoms with Gasteiger partial charge in [-0.05, 0) is 37.6 Å². The van der Waals surface area contributed by atoms with Gasteiger partial charge in [0.1, 0.15) is 5.75 Å². The zero-order valence-corrected chi connectivity index (χ0v) is 17.3. The Morgan fingerprint density at radius 2 is 1.64 bits per heavy atom. The monoisotopic (exact) mass is 479 g/mol. The third-order valence-corrected chi connectivity index (χ3v) is 4.77. The smallest absolute Gasteiger partial charge is 0.416 e. The standard InChI is InChI=1S/C20H19F6N3O4/c1-2-32-18(31)16-9-14-10-28(4-3-5-29(14)27-16)17(30)11-33-15-7-12(19(21,22)23)6-13(8-15)20(24,25)26/h6-9H,2-5,10-11H2,1H3. The number of aromatic nitrogens is 2. The second-order valence-corrected chi connectivity index (χ2v) is 7.16.